The minimum atomic E-state index is 0.310. The number of aromatic nitrogens is 10. The second kappa shape index (κ2) is 5.09. The van der Waals surface area contributed by atoms with Crippen molar-refractivity contribution in [3.63, 3.8) is 0 Å². The molecule has 1 aromatic carbocycles. The average Bonchev–Trinajstić information content (AvgIpc) is 3.29. The zero-order chi connectivity index (χ0) is 14.8. The molecule has 4 rings (SSSR count). The summed E-state index contributed by atoms with van der Waals surface area (Å²) in [5.41, 5.74) is 2.47. The molecule has 4 aromatic rings. The van der Waals surface area contributed by atoms with Gasteiger partial charge in [0.2, 0.25) is 11.6 Å². The SMILES string of the molecule is c1ccc(-c2cnc(-c3nn[nH]n3)c(-c3nn[nH]n3)n2)cc1. The molecule has 0 saturated carbocycles. The van der Waals surface area contributed by atoms with E-state index in [1.807, 2.05) is 30.3 Å². The summed E-state index contributed by atoms with van der Waals surface area (Å²) in [5, 5.41) is 27.6. The van der Waals surface area contributed by atoms with Crippen LogP contribution in [0.5, 0.6) is 0 Å². The van der Waals surface area contributed by atoms with Crippen LogP contribution in [0.1, 0.15) is 0 Å². The fourth-order valence-electron chi connectivity index (χ4n) is 1.98. The first kappa shape index (κ1) is 12.2. The molecule has 22 heavy (non-hydrogen) atoms. The van der Waals surface area contributed by atoms with Gasteiger partial charge in [0.05, 0.1) is 11.9 Å². The first-order valence-electron chi connectivity index (χ1n) is 6.32. The highest BCUT2D eigenvalue weighted by molar-refractivity contribution is 5.72. The summed E-state index contributed by atoms with van der Waals surface area (Å²) >= 11 is 0. The van der Waals surface area contributed by atoms with Gasteiger partial charge in [-0.1, -0.05) is 30.3 Å². The molecule has 106 valence electrons. The van der Waals surface area contributed by atoms with Gasteiger partial charge in [-0.25, -0.2) is 9.97 Å². The van der Waals surface area contributed by atoms with E-state index >= 15 is 0 Å². The minimum Gasteiger partial charge on any atom is -0.248 e. The van der Waals surface area contributed by atoms with Crippen LogP contribution in [0.2, 0.25) is 0 Å². The van der Waals surface area contributed by atoms with Crippen LogP contribution in [0, 0.1) is 0 Å². The second-order valence-electron chi connectivity index (χ2n) is 4.29. The molecule has 0 spiro atoms. The van der Waals surface area contributed by atoms with Gasteiger partial charge in [0.1, 0.15) is 11.4 Å². The molecular weight excluding hydrogens is 284 g/mol. The van der Waals surface area contributed by atoms with Crippen LogP contribution in [-0.2, 0) is 0 Å². The molecule has 2 N–H and O–H groups in total. The molecule has 0 aliphatic heterocycles. The quantitative estimate of drug-likeness (QED) is 0.557. The fraction of sp³-hybridized carbons (Fsp3) is 0. The van der Waals surface area contributed by atoms with E-state index in [-0.39, 0.29) is 0 Å². The number of H-pyrrole nitrogens is 2. The average molecular weight is 292 g/mol. The molecule has 0 atom stereocenters. The second-order valence-corrected chi connectivity index (χ2v) is 4.29. The molecule has 10 nitrogen and oxygen atoms in total. The van der Waals surface area contributed by atoms with Crippen molar-refractivity contribution < 1.29 is 0 Å². The van der Waals surface area contributed by atoms with Crippen LogP contribution < -0.4 is 0 Å². The molecular formula is C12H8N10. The Balaban J connectivity index is 1.91. The smallest absolute Gasteiger partial charge is 0.225 e. The Morgan fingerprint density at radius 3 is 2.09 bits per heavy atom. The number of nitrogens with zero attached hydrogens (tertiary/aromatic N) is 8. The van der Waals surface area contributed by atoms with E-state index in [0.29, 0.717) is 28.7 Å². The molecule has 0 aliphatic rings. The number of hydrogen-bond acceptors (Lipinski definition) is 8. The van der Waals surface area contributed by atoms with Gasteiger partial charge in [-0.3, -0.25) is 0 Å². The van der Waals surface area contributed by atoms with Crippen molar-refractivity contribution in [3.05, 3.63) is 36.5 Å². The van der Waals surface area contributed by atoms with E-state index in [1.165, 1.54) is 0 Å². The van der Waals surface area contributed by atoms with Crippen LogP contribution in [0.4, 0.5) is 0 Å². The predicted molar refractivity (Wildman–Crippen MR) is 73.8 cm³/mol. The summed E-state index contributed by atoms with van der Waals surface area (Å²) in [6, 6.07) is 9.68. The van der Waals surface area contributed by atoms with Gasteiger partial charge < -0.3 is 0 Å². The Hall–Kier alpha value is -3.56. The van der Waals surface area contributed by atoms with Crippen molar-refractivity contribution >= 4 is 0 Å². The van der Waals surface area contributed by atoms with Crippen molar-refractivity contribution in [1.29, 1.82) is 0 Å². The summed E-state index contributed by atoms with van der Waals surface area (Å²) in [4.78, 5) is 8.96. The molecule has 3 aromatic heterocycles. The van der Waals surface area contributed by atoms with E-state index in [2.05, 4.69) is 51.2 Å². The Labute approximate surface area is 123 Å². The summed E-state index contributed by atoms with van der Waals surface area (Å²) in [5.74, 6) is 0.622. The predicted octanol–water partition coefficient (Wildman–Crippen LogP) is 0.504. The normalized spacial score (nSPS) is 10.7. The monoisotopic (exact) mass is 292 g/mol. The van der Waals surface area contributed by atoms with Crippen molar-refractivity contribution in [1.82, 2.24) is 51.2 Å². The number of benzene rings is 1. The summed E-state index contributed by atoms with van der Waals surface area (Å²) in [7, 11) is 0. The van der Waals surface area contributed by atoms with Crippen molar-refractivity contribution in [2.45, 2.75) is 0 Å². The van der Waals surface area contributed by atoms with E-state index < -0.39 is 0 Å². The van der Waals surface area contributed by atoms with E-state index in [0.717, 1.165) is 5.56 Å². The third kappa shape index (κ3) is 2.08. The number of aromatic amines is 2. The van der Waals surface area contributed by atoms with Gasteiger partial charge >= 0.3 is 0 Å². The van der Waals surface area contributed by atoms with Gasteiger partial charge in [-0.2, -0.15) is 10.4 Å². The molecule has 0 fully saturated rings. The largest absolute Gasteiger partial charge is 0.248 e. The molecule has 0 aliphatic carbocycles. The summed E-state index contributed by atoms with van der Waals surface area (Å²) < 4.78 is 0. The van der Waals surface area contributed by atoms with Gasteiger partial charge in [-0.05, 0) is 10.4 Å². The summed E-state index contributed by atoms with van der Waals surface area (Å²) in [6.45, 7) is 0. The van der Waals surface area contributed by atoms with Crippen LogP contribution in [0.25, 0.3) is 34.3 Å². The maximum Gasteiger partial charge on any atom is 0.225 e. The van der Waals surface area contributed by atoms with Crippen LogP contribution >= 0.6 is 0 Å². The first-order chi connectivity index (χ1) is 10.9. The van der Waals surface area contributed by atoms with Crippen molar-refractivity contribution in [2.75, 3.05) is 0 Å². The number of nitrogens with one attached hydrogen (secondary N) is 2. The first-order valence-corrected chi connectivity index (χ1v) is 6.32. The minimum absolute atomic E-state index is 0.310. The van der Waals surface area contributed by atoms with E-state index in [1.54, 1.807) is 6.20 Å². The number of tetrazole rings is 2. The number of hydrogen-bond donors (Lipinski definition) is 2. The topological polar surface area (TPSA) is 135 Å². The van der Waals surface area contributed by atoms with Gasteiger partial charge in [-0.15, -0.1) is 20.4 Å². The highest BCUT2D eigenvalue weighted by Crippen LogP contribution is 2.26. The zero-order valence-corrected chi connectivity index (χ0v) is 11.0. The molecule has 0 unspecified atom stereocenters. The molecule has 10 heteroatoms. The van der Waals surface area contributed by atoms with Gasteiger partial charge in [0, 0.05) is 5.56 Å². The third-order valence-electron chi connectivity index (χ3n) is 2.96. The molecule has 0 amide bonds. The van der Waals surface area contributed by atoms with Crippen LogP contribution in [-0.4, -0.2) is 51.2 Å². The van der Waals surface area contributed by atoms with Crippen LogP contribution in [0.15, 0.2) is 36.5 Å². The highest BCUT2D eigenvalue weighted by atomic mass is 15.5. The zero-order valence-electron chi connectivity index (χ0n) is 11.0. The maximum absolute atomic E-state index is 4.57. The maximum atomic E-state index is 4.57. The lowest BCUT2D eigenvalue weighted by molar-refractivity contribution is 0.881. The number of rotatable bonds is 3. The van der Waals surface area contributed by atoms with Crippen molar-refractivity contribution in [3.8, 4) is 34.3 Å². The molecule has 0 radical (unpaired) electrons. The van der Waals surface area contributed by atoms with Crippen LogP contribution in [0.3, 0.4) is 0 Å². The lowest BCUT2D eigenvalue weighted by atomic mass is 10.1. The van der Waals surface area contributed by atoms with E-state index in [4.69, 9.17) is 0 Å². The van der Waals surface area contributed by atoms with Crippen molar-refractivity contribution in [2.24, 2.45) is 0 Å². The standard InChI is InChI=1S/C12H8N10/c1-2-4-7(5-3-1)8-6-13-9(11-15-19-20-16-11)10(14-8)12-17-21-22-18-12/h1-6H,(H,15,16,19,20)(H,17,18,21,22). The lowest BCUT2D eigenvalue weighted by Crippen LogP contribution is -1.98. The molecule has 3 heterocycles. The van der Waals surface area contributed by atoms with Gasteiger partial charge in [0.25, 0.3) is 0 Å². The third-order valence-corrected chi connectivity index (χ3v) is 2.96. The Kier molecular flexibility index (Phi) is 2.82. The Morgan fingerprint density at radius 2 is 1.45 bits per heavy atom. The van der Waals surface area contributed by atoms with E-state index in [9.17, 15) is 0 Å². The molecule has 0 bridgehead atoms. The highest BCUT2D eigenvalue weighted by Gasteiger charge is 2.19. The summed E-state index contributed by atoms with van der Waals surface area (Å²) in [6.07, 6.45) is 1.64. The lowest BCUT2D eigenvalue weighted by Gasteiger charge is -2.05. The Bertz CT molecular complexity index is 870. The fourth-order valence-corrected chi connectivity index (χ4v) is 1.98. The Morgan fingerprint density at radius 1 is 0.773 bits per heavy atom. The molecule has 0 saturated heterocycles. The van der Waals surface area contributed by atoms with Gasteiger partial charge in [0.15, 0.2) is 0 Å².